The minimum absolute atomic E-state index is 0.404. The van der Waals surface area contributed by atoms with E-state index in [9.17, 15) is 9.59 Å². The summed E-state index contributed by atoms with van der Waals surface area (Å²) in [6.45, 7) is 5.71. The van der Waals surface area contributed by atoms with Crippen LogP contribution in [0, 0.1) is 0 Å². The maximum Gasteiger partial charge on any atom is 0.332 e. The van der Waals surface area contributed by atoms with E-state index in [2.05, 4.69) is 15.2 Å². The predicted octanol–water partition coefficient (Wildman–Crippen LogP) is -0.190. The van der Waals surface area contributed by atoms with Crippen LogP contribution in [0.25, 0.3) is 5.69 Å². The highest BCUT2D eigenvalue weighted by molar-refractivity contribution is 5.37. The number of hydrogen-bond acceptors (Lipinski definition) is 5. The van der Waals surface area contributed by atoms with Crippen LogP contribution in [0.5, 0.6) is 5.75 Å². The summed E-state index contributed by atoms with van der Waals surface area (Å²) in [5.74, 6) is 0.765. The third kappa shape index (κ3) is 4.08. The van der Waals surface area contributed by atoms with Crippen molar-refractivity contribution in [1.82, 2.24) is 19.8 Å². The van der Waals surface area contributed by atoms with Crippen molar-refractivity contribution in [3.05, 3.63) is 57.4 Å². The lowest BCUT2D eigenvalue weighted by Crippen LogP contribution is -2.44. The van der Waals surface area contributed by atoms with E-state index < -0.39 is 11.2 Å². The molecule has 1 aromatic heterocycles. The Labute approximate surface area is 133 Å². The van der Waals surface area contributed by atoms with Crippen LogP contribution in [0.1, 0.15) is 0 Å². The Hall–Kier alpha value is -2.38. The van der Waals surface area contributed by atoms with Gasteiger partial charge in [0.1, 0.15) is 12.4 Å². The molecule has 1 aliphatic rings. The Morgan fingerprint density at radius 2 is 1.78 bits per heavy atom. The summed E-state index contributed by atoms with van der Waals surface area (Å²) >= 11 is 0. The van der Waals surface area contributed by atoms with Crippen LogP contribution in [0.4, 0.5) is 0 Å². The van der Waals surface area contributed by atoms with Gasteiger partial charge < -0.3 is 10.1 Å². The monoisotopic (exact) mass is 316 g/mol. The molecule has 0 unspecified atom stereocenters. The molecular formula is C16H20N4O3. The van der Waals surface area contributed by atoms with Crippen molar-refractivity contribution < 1.29 is 4.74 Å². The van der Waals surface area contributed by atoms with Crippen molar-refractivity contribution in [2.45, 2.75) is 0 Å². The van der Waals surface area contributed by atoms with Gasteiger partial charge in [-0.3, -0.25) is 19.2 Å². The number of aromatic nitrogens is 2. The first-order chi connectivity index (χ1) is 11.2. The van der Waals surface area contributed by atoms with Gasteiger partial charge in [-0.1, -0.05) is 0 Å². The lowest BCUT2D eigenvalue weighted by Gasteiger charge is -2.26. The Bertz CT molecular complexity index is 745. The molecular weight excluding hydrogens is 296 g/mol. The summed E-state index contributed by atoms with van der Waals surface area (Å²) in [4.78, 5) is 27.4. The minimum atomic E-state index is -0.454. The summed E-state index contributed by atoms with van der Waals surface area (Å²) < 4.78 is 7.12. The van der Waals surface area contributed by atoms with E-state index in [4.69, 9.17) is 4.74 Å². The number of piperazine rings is 1. The number of rotatable bonds is 5. The molecule has 0 atom stereocenters. The molecule has 0 bridgehead atoms. The summed E-state index contributed by atoms with van der Waals surface area (Å²) in [6, 6.07) is 8.55. The standard InChI is InChI=1S/C16H20N4O3/c21-15-5-8-20(16(22)18-15)13-1-3-14(4-2-13)23-12-11-19-9-6-17-7-10-19/h1-5,8,17H,6-7,9-12H2,(H,18,21,22). The van der Waals surface area contributed by atoms with E-state index in [-0.39, 0.29) is 0 Å². The van der Waals surface area contributed by atoms with Gasteiger partial charge in [-0.05, 0) is 24.3 Å². The molecule has 1 saturated heterocycles. The van der Waals surface area contributed by atoms with Gasteiger partial charge in [-0.15, -0.1) is 0 Å². The highest BCUT2D eigenvalue weighted by Crippen LogP contribution is 2.14. The maximum atomic E-state index is 11.7. The summed E-state index contributed by atoms with van der Waals surface area (Å²) in [6.07, 6.45) is 1.46. The third-order valence-corrected chi connectivity index (χ3v) is 3.82. The fourth-order valence-electron chi connectivity index (χ4n) is 2.55. The Morgan fingerprint density at radius 3 is 2.48 bits per heavy atom. The highest BCUT2D eigenvalue weighted by atomic mass is 16.5. The number of benzene rings is 1. The lowest BCUT2D eigenvalue weighted by atomic mass is 10.3. The van der Waals surface area contributed by atoms with Crippen LogP contribution in [0.15, 0.2) is 46.1 Å². The zero-order valence-electron chi connectivity index (χ0n) is 12.8. The van der Waals surface area contributed by atoms with Crippen molar-refractivity contribution >= 4 is 0 Å². The quantitative estimate of drug-likeness (QED) is 0.799. The number of hydrogen-bond donors (Lipinski definition) is 2. The van der Waals surface area contributed by atoms with Crippen molar-refractivity contribution in [2.24, 2.45) is 0 Å². The molecule has 3 rings (SSSR count). The van der Waals surface area contributed by atoms with Gasteiger partial charge in [0, 0.05) is 45.0 Å². The van der Waals surface area contributed by atoms with E-state index in [1.54, 1.807) is 12.1 Å². The van der Waals surface area contributed by atoms with Crippen molar-refractivity contribution in [1.29, 1.82) is 0 Å². The van der Waals surface area contributed by atoms with Gasteiger partial charge in [0.05, 0.1) is 5.69 Å². The fraction of sp³-hybridized carbons (Fsp3) is 0.375. The zero-order valence-corrected chi connectivity index (χ0v) is 12.8. The summed E-state index contributed by atoms with van der Waals surface area (Å²) in [5, 5.41) is 3.32. The second kappa shape index (κ2) is 7.26. The largest absolute Gasteiger partial charge is 0.492 e. The first kappa shape index (κ1) is 15.5. The van der Waals surface area contributed by atoms with Crippen LogP contribution in [0.2, 0.25) is 0 Å². The van der Waals surface area contributed by atoms with Crippen molar-refractivity contribution in [3.63, 3.8) is 0 Å². The average molecular weight is 316 g/mol. The molecule has 1 aromatic carbocycles. The Morgan fingerprint density at radius 1 is 1.04 bits per heavy atom. The molecule has 0 spiro atoms. The Balaban J connectivity index is 1.58. The molecule has 7 nitrogen and oxygen atoms in total. The topological polar surface area (TPSA) is 79.4 Å². The minimum Gasteiger partial charge on any atom is -0.492 e. The molecule has 2 aromatic rings. The van der Waals surface area contributed by atoms with Crippen molar-refractivity contribution in [3.8, 4) is 11.4 Å². The van der Waals surface area contributed by atoms with Gasteiger partial charge in [-0.2, -0.15) is 0 Å². The molecule has 2 heterocycles. The summed E-state index contributed by atoms with van der Waals surface area (Å²) in [5.41, 5.74) is -0.176. The van der Waals surface area contributed by atoms with Gasteiger partial charge >= 0.3 is 5.69 Å². The third-order valence-electron chi connectivity index (χ3n) is 3.82. The number of H-pyrrole nitrogens is 1. The van der Waals surface area contributed by atoms with Gasteiger partial charge in [0.25, 0.3) is 5.56 Å². The van der Waals surface area contributed by atoms with Gasteiger partial charge in [-0.25, -0.2) is 4.79 Å². The van der Waals surface area contributed by atoms with Crippen molar-refractivity contribution in [2.75, 3.05) is 39.3 Å². The van der Waals surface area contributed by atoms with E-state index >= 15 is 0 Å². The number of nitrogens with one attached hydrogen (secondary N) is 2. The van der Waals surface area contributed by atoms with Crippen LogP contribution < -0.4 is 21.3 Å². The average Bonchev–Trinajstić information content (AvgIpc) is 2.57. The molecule has 23 heavy (non-hydrogen) atoms. The molecule has 0 radical (unpaired) electrons. The van der Waals surface area contributed by atoms with E-state index in [0.717, 1.165) is 38.5 Å². The molecule has 0 saturated carbocycles. The molecule has 7 heteroatoms. The van der Waals surface area contributed by atoms with E-state index in [1.165, 1.54) is 16.8 Å². The fourth-order valence-corrected chi connectivity index (χ4v) is 2.55. The molecule has 122 valence electrons. The summed E-state index contributed by atoms with van der Waals surface area (Å²) in [7, 11) is 0. The van der Waals surface area contributed by atoms with Crippen LogP contribution in [-0.2, 0) is 0 Å². The lowest BCUT2D eigenvalue weighted by molar-refractivity contribution is 0.191. The molecule has 1 fully saturated rings. The maximum absolute atomic E-state index is 11.7. The number of ether oxygens (including phenoxy) is 1. The second-order valence-electron chi connectivity index (χ2n) is 5.41. The molecule has 2 N–H and O–H groups in total. The molecule has 1 aliphatic heterocycles. The second-order valence-corrected chi connectivity index (χ2v) is 5.41. The first-order valence-electron chi connectivity index (χ1n) is 7.71. The molecule has 0 amide bonds. The number of aromatic amines is 1. The van der Waals surface area contributed by atoms with Gasteiger partial charge in [0.15, 0.2) is 0 Å². The van der Waals surface area contributed by atoms with Crippen LogP contribution in [0.3, 0.4) is 0 Å². The van der Waals surface area contributed by atoms with E-state index in [1.807, 2.05) is 12.1 Å². The molecule has 0 aliphatic carbocycles. The predicted molar refractivity (Wildman–Crippen MR) is 87.5 cm³/mol. The van der Waals surface area contributed by atoms with E-state index in [0.29, 0.717) is 12.3 Å². The van der Waals surface area contributed by atoms with Gasteiger partial charge in [0.2, 0.25) is 0 Å². The SMILES string of the molecule is O=c1ccn(-c2ccc(OCCN3CCNCC3)cc2)c(=O)[nH]1. The Kier molecular flexibility index (Phi) is 4.89. The van der Waals surface area contributed by atoms with Crippen LogP contribution in [-0.4, -0.2) is 53.8 Å². The zero-order chi connectivity index (χ0) is 16.1. The smallest absolute Gasteiger partial charge is 0.332 e. The normalized spacial score (nSPS) is 15.5. The highest BCUT2D eigenvalue weighted by Gasteiger charge is 2.08. The first-order valence-corrected chi connectivity index (χ1v) is 7.71. The number of nitrogens with zero attached hydrogens (tertiary/aromatic N) is 2. The van der Waals surface area contributed by atoms with Crippen LogP contribution >= 0.6 is 0 Å².